The third-order valence-electron chi connectivity index (χ3n) is 6.56. The zero-order chi connectivity index (χ0) is 33.6. The largest absolute Gasteiger partial charge is 0.462 e. The highest BCUT2D eigenvalue weighted by Gasteiger charge is 2.15. The molecule has 0 aliphatic carbocycles. The molecule has 0 aliphatic rings. The number of aliphatic hydroxyl groups is 1. The molecule has 0 amide bonds. The van der Waals surface area contributed by atoms with Crippen molar-refractivity contribution < 1.29 is 24.2 Å². The lowest BCUT2D eigenvalue weighted by molar-refractivity contribution is -0.161. The Bertz CT molecular complexity index is 990. The molecule has 0 rings (SSSR count). The average Bonchev–Trinajstić information content (AvgIpc) is 3.06. The third-order valence-corrected chi connectivity index (χ3v) is 6.56. The van der Waals surface area contributed by atoms with Gasteiger partial charge in [0.1, 0.15) is 6.61 Å². The first-order valence-electron chi connectivity index (χ1n) is 17.4. The molecule has 0 bridgehead atoms. The summed E-state index contributed by atoms with van der Waals surface area (Å²) >= 11 is 0. The van der Waals surface area contributed by atoms with Crippen LogP contribution in [0.1, 0.15) is 117 Å². The number of carbonyl (C=O) groups is 2. The highest BCUT2D eigenvalue weighted by Crippen LogP contribution is 2.06. The van der Waals surface area contributed by atoms with Crippen LogP contribution in [-0.4, -0.2) is 36.4 Å². The van der Waals surface area contributed by atoms with E-state index in [-0.39, 0.29) is 31.6 Å². The van der Waals surface area contributed by atoms with Gasteiger partial charge in [-0.2, -0.15) is 0 Å². The standard InChI is InChI=1S/C41H62O5/c1-3-5-7-9-11-13-15-17-19-20-22-24-26-28-30-32-34-36-41(44)46-39(37-42)38-45-40(43)35-33-31-29-27-25-23-21-18-16-14-12-10-8-6-4-2/h5-8,11-14,17-19,21-22,24-25,27-28,30,39,42H,3-4,9-10,15-16,20,23,26,29,31-38H2,1-2H3/t39-/m0/s1. The van der Waals surface area contributed by atoms with Crippen LogP contribution in [0.4, 0.5) is 0 Å². The van der Waals surface area contributed by atoms with Crippen molar-refractivity contribution in [3.05, 3.63) is 109 Å². The van der Waals surface area contributed by atoms with E-state index in [1.807, 2.05) is 0 Å². The summed E-state index contributed by atoms with van der Waals surface area (Å²) in [4.78, 5) is 24.1. The Hall–Kier alpha value is -3.44. The van der Waals surface area contributed by atoms with Crippen LogP contribution in [0.5, 0.6) is 0 Å². The average molecular weight is 635 g/mol. The van der Waals surface area contributed by atoms with Gasteiger partial charge in [-0.25, -0.2) is 0 Å². The summed E-state index contributed by atoms with van der Waals surface area (Å²) in [6.07, 6.45) is 51.5. The van der Waals surface area contributed by atoms with Gasteiger partial charge in [0.15, 0.2) is 6.10 Å². The minimum Gasteiger partial charge on any atom is -0.462 e. The van der Waals surface area contributed by atoms with Crippen LogP contribution in [0.25, 0.3) is 0 Å². The molecular weight excluding hydrogens is 572 g/mol. The van der Waals surface area contributed by atoms with Crippen molar-refractivity contribution in [2.24, 2.45) is 0 Å². The fraction of sp³-hybridized carbons (Fsp3) is 0.512. The molecule has 0 aromatic rings. The van der Waals surface area contributed by atoms with Gasteiger partial charge in [-0.15, -0.1) is 0 Å². The molecule has 0 spiro atoms. The Morgan fingerprint density at radius 3 is 1.28 bits per heavy atom. The molecule has 0 aromatic carbocycles. The molecule has 5 heteroatoms. The van der Waals surface area contributed by atoms with Crippen LogP contribution >= 0.6 is 0 Å². The second-order valence-corrected chi connectivity index (χ2v) is 10.8. The van der Waals surface area contributed by atoms with Gasteiger partial charge in [-0.1, -0.05) is 123 Å². The van der Waals surface area contributed by atoms with E-state index in [2.05, 4.69) is 123 Å². The first-order chi connectivity index (χ1) is 22.6. The van der Waals surface area contributed by atoms with Gasteiger partial charge in [0, 0.05) is 12.8 Å². The van der Waals surface area contributed by atoms with Crippen molar-refractivity contribution in [3.63, 3.8) is 0 Å². The predicted octanol–water partition coefficient (Wildman–Crippen LogP) is 10.7. The molecule has 46 heavy (non-hydrogen) atoms. The molecule has 0 saturated carbocycles. The van der Waals surface area contributed by atoms with Crippen LogP contribution < -0.4 is 0 Å². The number of ether oxygens (including phenoxy) is 2. The summed E-state index contributed by atoms with van der Waals surface area (Å²) in [6, 6.07) is 0. The molecule has 0 fully saturated rings. The summed E-state index contributed by atoms with van der Waals surface area (Å²) in [5.74, 6) is -0.724. The fourth-order valence-electron chi connectivity index (χ4n) is 3.99. The van der Waals surface area contributed by atoms with E-state index in [1.54, 1.807) is 0 Å². The van der Waals surface area contributed by atoms with Gasteiger partial charge in [0.25, 0.3) is 0 Å². The monoisotopic (exact) mass is 634 g/mol. The first-order valence-corrected chi connectivity index (χ1v) is 17.4. The van der Waals surface area contributed by atoms with Gasteiger partial charge in [-0.3, -0.25) is 9.59 Å². The number of esters is 2. The predicted molar refractivity (Wildman–Crippen MR) is 195 cm³/mol. The molecule has 0 aliphatic heterocycles. The van der Waals surface area contributed by atoms with Crippen molar-refractivity contribution in [1.82, 2.24) is 0 Å². The number of carbonyl (C=O) groups excluding carboxylic acids is 2. The molecule has 256 valence electrons. The van der Waals surface area contributed by atoms with Crippen LogP contribution in [0, 0.1) is 0 Å². The Kier molecular flexibility index (Phi) is 33.3. The summed E-state index contributed by atoms with van der Waals surface area (Å²) in [5, 5.41) is 9.51. The molecule has 0 saturated heterocycles. The van der Waals surface area contributed by atoms with E-state index in [0.717, 1.165) is 83.5 Å². The molecule has 5 nitrogen and oxygen atoms in total. The smallest absolute Gasteiger partial charge is 0.306 e. The normalized spacial score (nSPS) is 13.5. The zero-order valence-electron chi connectivity index (χ0n) is 28.8. The Balaban J connectivity index is 3.81. The minimum atomic E-state index is -0.825. The third kappa shape index (κ3) is 33.5. The zero-order valence-corrected chi connectivity index (χ0v) is 28.8. The molecule has 0 radical (unpaired) electrons. The van der Waals surface area contributed by atoms with Crippen molar-refractivity contribution in [2.75, 3.05) is 13.2 Å². The van der Waals surface area contributed by atoms with Gasteiger partial charge in [0.2, 0.25) is 0 Å². The van der Waals surface area contributed by atoms with E-state index in [4.69, 9.17) is 9.47 Å². The first kappa shape index (κ1) is 42.6. The highest BCUT2D eigenvalue weighted by atomic mass is 16.6. The van der Waals surface area contributed by atoms with E-state index in [9.17, 15) is 14.7 Å². The SMILES string of the molecule is CCC=CCC=CCC=CCC=CCC=CCCCC(=O)O[C@@H](CO)COC(=O)CCCCC=CCC=CCC=CCC=CCC. The minimum absolute atomic E-state index is 0.118. The van der Waals surface area contributed by atoms with Gasteiger partial charge >= 0.3 is 11.9 Å². The number of aliphatic hydroxyl groups excluding tert-OH is 1. The number of unbranched alkanes of at least 4 members (excludes halogenated alkanes) is 3. The molecule has 1 atom stereocenters. The van der Waals surface area contributed by atoms with Gasteiger partial charge in [0.05, 0.1) is 6.61 Å². The number of rotatable bonds is 29. The molecule has 0 unspecified atom stereocenters. The summed E-state index contributed by atoms with van der Waals surface area (Å²) in [7, 11) is 0. The number of allylic oxidation sites excluding steroid dienone is 18. The summed E-state index contributed by atoms with van der Waals surface area (Å²) < 4.78 is 10.5. The molecule has 1 N–H and O–H groups in total. The van der Waals surface area contributed by atoms with Crippen LogP contribution in [0.15, 0.2) is 109 Å². The topological polar surface area (TPSA) is 72.8 Å². The maximum Gasteiger partial charge on any atom is 0.306 e. The Morgan fingerprint density at radius 1 is 0.500 bits per heavy atom. The number of hydrogen-bond acceptors (Lipinski definition) is 5. The van der Waals surface area contributed by atoms with E-state index >= 15 is 0 Å². The van der Waals surface area contributed by atoms with Crippen LogP contribution in [-0.2, 0) is 19.1 Å². The maximum absolute atomic E-state index is 12.1. The lowest BCUT2D eigenvalue weighted by Crippen LogP contribution is -2.28. The molecule has 0 heterocycles. The quantitative estimate of drug-likeness (QED) is 0.0503. The maximum atomic E-state index is 12.1. The fourth-order valence-corrected chi connectivity index (χ4v) is 3.99. The van der Waals surface area contributed by atoms with Crippen molar-refractivity contribution >= 4 is 11.9 Å². The van der Waals surface area contributed by atoms with Crippen molar-refractivity contribution in [2.45, 2.75) is 123 Å². The van der Waals surface area contributed by atoms with E-state index in [1.165, 1.54) is 0 Å². The molecule has 0 aromatic heterocycles. The Morgan fingerprint density at radius 2 is 0.870 bits per heavy atom. The lowest BCUT2D eigenvalue weighted by atomic mass is 10.2. The molecular formula is C41H62O5. The number of hydrogen-bond donors (Lipinski definition) is 1. The van der Waals surface area contributed by atoms with Crippen LogP contribution in [0.3, 0.4) is 0 Å². The Labute approximate surface area is 280 Å². The van der Waals surface area contributed by atoms with Gasteiger partial charge in [-0.05, 0) is 89.9 Å². The highest BCUT2D eigenvalue weighted by molar-refractivity contribution is 5.70. The van der Waals surface area contributed by atoms with E-state index < -0.39 is 6.10 Å². The van der Waals surface area contributed by atoms with Crippen molar-refractivity contribution in [1.29, 1.82) is 0 Å². The second kappa shape index (κ2) is 36.0. The van der Waals surface area contributed by atoms with E-state index in [0.29, 0.717) is 12.8 Å². The summed E-state index contributed by atoms with van der Waals surface area (Å²) in [6.45, 7) is 3.79. The van der Waals surface area contributed by atoms with Crippen LogP contribution in [0.2, 0.25) is 0 Å². The lowest BCUT2D eigenvalue weighted by Gasteiger charge is -2.15. The summed E-state index contributed by atoms with van der Waals surface area (Å²) in [5.41, 5.74) is 0. The van der Waals surface area contributed by atoms with Gasteiger partial charge < -0.3 is 14.6 Å². The second-order valence-electron chi connectivity index (χ2n) is 10.8. The van der Waals surface area contributed by atoms with Crippen molar-refractivity contribution in [3.8, 4) is 0 Å².